The molecule has 11 heteroatoms. The van der Waals surface area contributed by atoms with Gasteiger partial charge in [0, 0.05) is 38.3 Å². The number of amides is 2. The maximum atomic E-state index is 12.9. The first kappa shape index (κ1) is 27.7. The summed E-state index contributed by atoms with van der Waals surface area (Å²) < 4.78 is 37.6. The van der Waals surface area contributed by atoms with Gasteiger partial charge in [0.05, 0.1) is 6.54 Å². The van der Waals surface area contributed by atoms with Gasteiger partial charge >= 0.3 is 12.1 Å². The lowest BCUT2D eigenvalue weighted by Crippen LogP contribution is -2.69. The van der Waals surface area contributed by atoms with Gasteiger partial charge in [-0.15, -0.1) is 0 Å². The maximum absolute atomic E-state index is 12.9. The van der Waals surface area contributed by atoms with E-state index in [-0.39, 0.29) is 24.0 Å². The highest BCUT2D eigenvalue weighted by Gasteiger charge is 2.48. The molecule has 3 aliphatic heterocycles. The van der Waals surface area contributed by atoms with Crippen LogP contribution in [0.25, 0.3) is 10.8 Å². The molecule has 0 bridgehead atoms. The third kappa shape index (κ3) is 6.56. The Morgan fingerprint density at radius 3 is 2.16 bits per heavy atom. The number of piperidine rings is 1. The molecule has 206 valence electrons. The molecule has 2 aromatic rings. The average molecular weight is 536 g/mol. The van der Waals surface area contributed by atoms with Crippen LogP contribution in [0.15, 0.2) is 42.5 Å². The molecular weight excluding hydrogens is 503 g/mol. The summed E-state index contributed by atoms with van der Waals surface area (Å²) in [7, 11) is 0. The minimum atomic E-state index is -5.08. The molecule has 3 fully saturated rings. The van der Waals surface area contributed by atoms with Crippen molar-refractivity contribution in [2.24, 2.45) is 0 Å². The topological polar surface area (TPSA) is 90.4 Å². The molecule has 0 aromatic heterocycles. The van der Waals surface area contributed by atoms with Crippen LogP contribution in [-0.4, -0.2) is 95.2 Å². The minimum Gasteiger partial charge on any atom is -0.484 e. The summed E-state index contributed by atoms with van der Waals surface area (Å²) in [5.74, 6) is -1.75. The number of likely N-dealkylation sites (tertiary alicyclic amines) is 3. The number of hydrogen-bond acceptors (Lipinski definition) is 5. The normalized spacial score (nSPS) is 21.6. The summed E-state index contributed by atoms with van der Waals surface area (Å²) in [5.41, 5.74) is -0.0216. The molecule has 1 atom stereocenters. The molecule has 1 spiro atoms. The van der Waals surface area contributed by atoms with Crippen molar-refractivity contribution in [1.29, 1.82) is 0 Å². The molecule has 2 amide bonds. The van der Waals surface area contributed by atoms with Crippen LogP contribution in [-0.2, 0) is 14.4 Å². The zero-order chi connectivity index (χ0) is 27.3. The fourth-order valence-electron chi connectivity index (χ4n) is 5.34. The Hall–Kier alpha value is -3.34. The van der Waals surface area contributed by atoms with Crippen molar-refractivity contribution < 1.29 is 37.4 Å². The lowest BCUT2D eigenvalue weighted by atomic mass is 9.77. The first-order valence-electron chi connectivity index (χ1n) is 12.8. The van der Waals surface area contributed by atoms with E-state index >= 15 is 0 Å². The van der Waals surface area contributed by atoms with Gasteiger partial charge < -0.3 is 19.6 Å². The number of carboxylic acids is 1. The number of rotatable bonds is 5. The van der Waals surface area contributed by atoms with Gasteiger partial charge in [-0.05, 0) is 55.0 Å². The lowest BCUT2D eigenvalue weighted by Gasteiger charge is -2.57. The van der Waals surface area contributed by atoms with Crippen LogP contribution in [0.1, 0.15) is 32.1 Å². The van der Waals surface area contributed by atoms with E-state index in [1.165, 1.54) is 0 Å². The number of aliphatic carboxylic acids is 1. The van der Waals surface area contributed by atoms with E-state index < -0.39 is 12.1 Å². The number of alkyl halides is 3. The fourth-order valence-corrected chi connectivity index (χ4v) is 5.34. The second-order valence-corrected chi connectivity index (χ2v) is 10.0. The standard InChI is InChI=1S/C25H31N3O3.C2HF3O2/c29-23(26-12-3-4-13-26)17-28-15-11-25(28)10-5-14-27(19-25)24(30)18-31-22-9-8-20-6-1-2-7-21(20)16-22;3-2(4,5)1(6)7/h1-2,6-9,16H,3-5,10-15,17-19H2;(H,6,7). The van der Waals surface area contributed by atoms with E-state index in [4.69, 9.17) is 14.6 Å². The van der Waals surface area contributed by atoms with Crippen LogP contribution >= 0.6 is 0 Å². The van der Waals surface area contributed by atoms with Gasteiger partial charge in [0.25, 0.3) is 5.91 Å². The number of hydrogen-bond donors (Lipinski definition) is 1. The van der Waals surface area contributed by atoms with Crippen molar-refractivity contribution in [3.8, 4) is 5.75 Å². The molecule has 1 N–H and O–H groups in total. The van der Waals surface area contributed by atoms with Crippen LogP contribution in [0, 0.1) is 0 Å². The summed E-state index contributed by atoms with van der Waals surface area (Å²) in [4.78, 5) is 40.7. The van der Waals surface area contributed by atoms with Crippen molar-refractivity contribution in [2.45, 2.75) is 43.8 Å². The molecule has 0 aliphatic carbocycles. The van der Waals surface area contributed by atoms with Crippen molar-refractivity contribution in [2.75, 3.05) is 45.9 Å². The van der Waals surface area contributed by atoms with Crippen LogP contribution < -0.4 is 4.74 Å². The van der Waals surface area contributed by atoms with Crippen molar-refractivity contribution >= 4 is 28.6 Å². The first-order valence-corrected chi connectivity index (χ1v) is 12.8. The van der Waals surface area contributed by atoms with Crippen LogP contribution in [0.5, 0.6) is 5.75 Å². The summed E-state index contributed by atoms with van der Waals surface area (Å²) in [6, 6.07) is 14.1. The Bertz CT molecular complexity index is 1170. The molecule has 0 radical (unpaired) electrons. The van der Waals surface area contributed by atoms with E-state index in [2.05, 4.69) is 11.0 Å². The second kappa shape index (κ2) is 11.6. The molecule has 8 nitrogen and oxygen atoms in total. The van der Waals surface area contributed by atoms with E-state index in [1.807, 2.05) is 46.2 Å². The van der Waals surface area contributed by atoms with Crippen LogP contribution in [0.3, 0.4) is 0 Å². The number of benzene rings is 2. The lowest BCUT2D eigenvalue weighted by molar-refractivity contribution is -0.192. The first-order chi connectivity index (χ1) is 18.1. The summed E-state index contributed by atoms with van der Waals surface area (Å²) >= 11 is 0. The van der Waals surface area contributed by atoms with Crippen molar-refractivity contribution in [3.63, 3.8) is 0 Å². The fraction of sp³-hybridized carbons (Fsp3) is 0.519. The largest absolute Gasteiger partial charge is 0.490 e. The minimum absolute atomic E-state index is 0.0216. The highest BCUT2D eigenvalue weighted by Crippen LogP contribution is 2.38. The van der Waals surface area contributed by atoms with Crippen molar-refractivity contribution in [1.82, 2.24) is 14.7 Å². The number of fused-ring (bicyclic) bond motifs is 1. The van der Waals surface area contributed by atoms with E-state index in [1.54, 1.807) is 0 Å². The SMILES string of the molecule is O=C(CN1CCC12CCCN(C(=O)COc1ccc3ccccc3c1)C2)N1CCCC1.O=C(O)C(F)(F)F. The Balaban J connectivity index is 0.000000426. The van der Waals surface area contributed by atoms with Crippen molar-refractivity contribution in [3.05, 3.63) is 42.5 Å². The molecule has 1 unspecified atom stereocenters. The van der Waals surface area contributed by atoms with E-state index in [9.17, 15) is 22.8 Å². The smallest absolute Gasteiger partial charge is 0.484 e. The van der Waals surface area contributed by atoms with Crippen LogP contribution in [0.2, 0.25) is 0 Å². The Morgan fingerprint density at radius 1 is 0.868 bits per heavy atom. The number of carbonyl (C=O) groups is 3. The molecular formula is C27H32F3N3O5. The zero-order valence-corrected chi connectivity index (χ0v) is 21.1. The average Bonchev–Trinajstić information content (AvgIpc) is 3.45. The molecule has 2 aromatic carbocycles. The quantitative estimate of drug-likeness (QED) is 0.630. The van der Waals surface area contributed by atoms with Gasteiger partial charge in [-0.25, -0.2) is 4.79 Å². The number of ether oxygens (including phenoxy) is 1. The zero-order valence-electron chi connectivity index (χ0n) is 21.1. The predicted octanol–water partition coefficient (Wildman–Crippen LogP) is 3.54. The summed E-state index contributed by atoms with van der Waals surface area (Å²) in [5, 5.41) is 9.39. The maximum Gasteiger partial charge on any atom is 0.490 e. The molecule has 5 rings (SSSR count). The Kier molecular flexibility index (Phi) is 8.44. The Labute approximate surface area is 218 Å². The molecule has 3 saturated heterocycles. The van der Waals surface area contributed by atoms with Gasteiger partial charge in [0.15, 0.2) is 6.61 Å². The number of carbonyl (C=O) groups excluding carboxylic acids is 2. The van der Waals surface area contributed by atoms with Gasteiger partial charge in [0.1, 0.15) is 5.75 Å². The molecule has 3 heterocycles. The number of carboxylic acid groups (broad SMARTS) is 1. The third-order valence-corrected chi connectivity index (χ3v) is 7.54. The Morgan fingerprint density at radius 2 is 1.53 bits per heavy atom. The molecule has 38 heavy (non-hydrogen) atoms. The second-order valence-electron chi connectivity index (χ2n) is 10.0. The molecule has 3 aliphatic rings. The van der Waals surface area contributed by atoms with Gasteiger partial charge in [0.2, 0.25) is 5.91 Å². The van der Waals surface area contributed by atoms with E-state index in [0.717, 1.165) is 74.8 Å². The molecule has 0 saturated carbocycles. The highest BCUT2D eigenvalue weighted by atomic mass is 19.4. The predicted molar refractivity (Wildman–Crippen MR) is 134 cm³/mol. The van der Waals surface area contributed by atoms with Crippen LogP contribution in [0.4, 0.5) is 13.2 Å². The number of halogens is 3. The highest BCUT2D eigenvalue weighted by molar-refractivity contribution is 5.84. The summed E-state index contributed by atoms with van der Waals surface area (Å²) in [6.45, 7) is 4.79. The van der Waals surface area contributed by atoms with Gasteiger partial charge in [-0.2, -0.15) is 13.2 Å². The third-order valence-electron chi connectivity index (χ3n) is 7.54. The monoisotopic (exact) mass is 535 g/mol. The van der Waals surface area contributed by atoms with E-state index in [0.29, 0.717) is 13.1 Å². The summed E-state index contributed by atoms with van der Waals surface area (Å²) in [6.07, 6.45) is 0.272. The van der Waals surface area contributed by atoms with Gasteiger partial charge in [-0.1, -0.05) is 30.3 Å². The van der Waals surface area contributed by atoms with Gasteiger partial charge in [-0.3, -0.25) is 14.5 Å². The number of nitrogens with zero attached hydrogens (tertiary/aromatic N) is 3.